The predicted molar refractivity (Wildman–Crippen MR) is 81.8 cm³/mol. The highest BCUT2D eigenvalue weighted by molar-refractivity contribution is 6.04. The summed E-state index contributed by atoms with van der Waals surface area (Å²) in [4.78, 5) is 23.3. The van der Waals surface area contributed by atoms with E-state index in [9.17, 15) is 22.8 Å². The van der Waals surface area contributed by atoms with Gasteiger partial charge in [0.05, 0.1) is 11.3 Å². The molecule has 0 fully saturated rings. The largest absolute Gasteiger partial charge is 0.427 e. The fourth-order valence-electron chi connectivity index (χ4n) is 1.91. The summed E-state index contributed by atoms with van der Waals surface area (Å²) in [5.74, 6) is -0.861. The molecule has 0 unspecified atom stereocenters. The summed E-state index contributed by atoms with van der Waals surface area (Å²) in [5, 5.41) is 2.24. The number of benzene rings is 2. The number of carbonyl (C=O) groups is 2. The average molecular weight is 337 g/mol. The molecule has 2 aromatic carbocycles. The van der Waals surface area contributed by atoms with Crippen molar-refractivity contribution in [2.24, 2.45) is 0 Å². The Bertz CT molecular complexity index is 739. The van der Waals surface area contributed by atoms with Gasteiger partial charge in [-0.1, -0.05) is 19.1 Å². The lowest BCUT2D eigenvalue weighted by Crippen LogP contribution is -2.16. The van der Waals surface area contributed by atoms with Crippen molar-refractivity contribution < 1.29 is 27.5 Å². The van der Waals surface area contributed by atoms with Gasteiger partial charge in [-0.05, 0) is 36.4 Å². The van der Waals surface area contributed by atoms with Crippen molar-refractivity contribution in [2.45, 2.75) is 19.5 Å². The van der Waals surface area contributed by atoms with Gasteiger partial charge in [0.25, 0.3) is 5.91 Å². The van der Waals surface area contributed by atoms with Crippen LogP contribution in [-0.2, 0) is 11.0 Å². The number of ether oxygens (including phenoxy) is 1. The van der Waals surface area contributed by atoms with Crippen LogP contribution in [0.4, 0.5) is 18.9 Å². The fourth-order valence-corrected chi connectivity index (χ4v) is 1.91. The molecule has 0 radical (unpaired) electrons. The zero-order valence-electron chi connectivity index (χ0n) is 12.7. The lowest BCUT2D eigenvalue weighted by molar-refractivity contribution is -0.137. The Morgan fingerprint density at radius 1 is 1.04 bits per heavy atom. The van der Waals surface area contributed by atoms with E-state index in [-0.39, 0.29) is 23.4 Å². The lowest BCUT2D eigenvalue weighted by atomic mass is 10.1. The number of anilines is 1. The number of para-hydroxylation sites is 1. The van der Waals surface area contributed by atoms with Crippen LogP contribution in [-0.4, -0.2) is 11.9 Å². The van der Waals surface area contributed by atoms with Crippen LogP contribution in [0.3, 0.4) is 0 Å². The molecule has 0 aromatic heterocycles. The number of alkyl halides is 3. The SMILES string of the molecule is CCC(=O)Oc1ccc(C(=O)Nc2ccccc2C(F)(F)F)cc1. The van der Waals surface area contributed by atoms with Crippen molar-refractivity contribution in [2.75, 3.05) is 5.32 Å². The maximum Gasteiger partial charge on any atom is 0.418 e. The van der Waals surface area contributed by atoms with Crippen LogP contribution in [0.2, 0.25) is 0 Å². The summed E-state index contributed by atoms with van der Waals surface area (Å²) in [6.07, 6.45) is -4.36. The Balaban J connectivity index is 2.15. The minimum atomic E-state index is -4.57. The second-order valence-electron chi connectivity index (χ2n) is 4.85. The lowest BCUT2D eigenvalue weighted by Gasteiger charge is -2.13. The normalized spacial score (nSPS) is 11.0. The predicted octanol–water partition coefficient (Wildman–Crippen LogP) is 4.27. The number of hydrogen-bond donors (Lipinski definition) is 1. The van der Waals surface area contributed by atoms with Crippen molar-refractivity contribution in [3.63, 3.8) is 0 Å². The molecular weight excluding hydrogens is 323 g/mol. The van der Waals surface area contributed by atoms with Gasteiger partial charge in [-0.2, -0.15) is 13.2 Å². The molecule has 1 N–H and O–H groups in total. The van der Waals surface area contributed by atoms with Crippen LogP contribution in [0.5, 0.6) is 5.75 Å². The van der Waals surface area contributed by atoms with Gasteiger partial charge < -0.3 is 10.1 Å². The van der Waals surface area contributed by atoms with Crippen molar-refractivity contribution in [1.29, 1.82) is 0 Å². The van der Waals surface area contributed by atoms with Gasteiger partial charge >= 0.3 is 12.1 Å². The van der Waals surface area contributed by atoms with Crippen LogP contribution >= 0.6 is 0 Å². The van der Waals surface area contributed by atoms with E-state index in [2.05, 4.69) is 5.32 Å². The smallest absolute Gasteiger partial charge is 0.418 e. The maximum absolute atomic E-state index is 12.9. The zero-order chi connectivity index (χ0) is 17.7. The van der Waals surface area contributed by atoms with E-state index >= 15 is 0 Å². The molecule has 0 saturated carbocycles. The van der Waals surface area contributed by atoms with Crippen LogP contribution < -0.4 is 10.1 Å². The quantitative estimate of drug-likeness (QED) is 0.669. The maximum atomic E-state index is 12.9. The zero-order valence-corrected chi connectivity index (χ0v) is 12.7. The number of hydrogen-bond acceptors (Lipinski definition) is 3. The first-order valence-corrected chi connectivity index (χ1v) is 7.09. The molecule has 2 aromatic rings. The first-order valence-electron chi connectivity index (χ1n) is 7.09. The molecule has 2 rings (SSSR count). The fraction of sp³-hybridized carbons (Fsp3) is 0.176. The van der Waals surface area contributed by atoms with Gasteiger partial charge in [0.15, 0.2) is 0 Å². The van der Waals surface area contributed by atoms with Crippen LogP contribution in [0.15, 0.2) is 48.5 Å². The Morgan fingerprint density at radius 2 is 1.67 bits per heavy atom. The molecule has 0 spiro atoms. The Labute approximate surface area is 136 Å². The van der Waals surface area contributed by atoms with Crippen molar-refractivity contribution in [1.82, 2.24) is 0 Å². The van der Waals surface area contributed by atoms with Crippen molar-refractivity contribution >= 4 is 17.6 Å². The van der Waals surface area contributed by atoms with Crippen LogP contribution in [0.25, 0.3) is 0 Å². The van der Waals surface area contributed by atoms with Gasteiger partial charge in [-0.25, -0.2) is 0 Å². The van der Waals surface area contributed by atoms with E-state index in [1.165, 1.54) is 42.5 Å². The molecule has 7 heteroatoms. The molecule has 0 atom stereocenters. The van der Waals surface area contributed by atoms with Crippen LogP contribution in [0, 0.1) is 0 Å². The first kappa shape index (κ1) is 17.5. The highest BCUT2D eigenvalue weighted by atomic mass is 19.4. The summed E-state index contributed by atoms with van der Waals surface area (Å²) in [7, 11) is 0. The van der Waals surface area contributed by atoms with E-state index in [0.29, 0.717) is 0 Å². The van der Waals surface area contributed by atoms with Gasteiger partial charge in [0, 0.05) is 12.0 Å². The monoisotopic (exact) mass is 337 g/mol. The number of halogens is 3. The van der Waals surface area contributed by atoms with Gasteiger partial charge in [0.1, 0.15) is 5.75 Å². The number of nitrogens with one attached hydrogen (secondary N) is 1. The van der Waals surface area contributed by atoms with Crippen molar-refractivity contribution in [3.05, 3.63) is 59.7 Å². The van der Waals surface area contributed by atoms with E-state index in [4.69, 9.17) is 4.74 Å². The molecule has 1 amide bonds. The summed E-state index contributed by atoms with van der Waals surface area (Å²) in [6, 6.07) is 10.2. The van der Waals surface area contributed by atoms with Gasteiger partial charge in [-0.15, -0.1) is 0 Å². The van der Waals surface area contributed by atoms with E-state index < -0.39 is 23.6 Å². The minimum Gasteiger partial charge on any atom is -0.427 e. The van der Waals surface area contributed by atoms with E-state index in [1.807, 2.05) is 0 Å². The molecule has 0 aliphatic carbocycles. The molecule has 0 saturated heterocycles. The van der Waals surface area contributed by atoms with E-state index in [1.54, 1.807) is 6.92 Å². The third-order valence-electron chi connectivity index (χ3n) is 3.12. The molecule has 0 heterocycles. The summed E-state index contributed by atoms with van der Waals surface area (Å²) >= 11 is 0. The number of carbonyl (C=O) groups excluding carboxylic acids is 2. The minimum absolute atomic E-state index is 0.142. The topological polar surface area (TPSA) is 55.4 Å². The highest BCUT2D eigenvalue weighted by Gasteiger charge is 2.33. The summed E-state index contributed by atoms with van der Waals surface area (Å²) < 4.78 is 43.7. The standard InChI is InChI=1S/C17H14F3NO3/c1-2-15(22)24-12-9-7-11(8-10-12)16(23)21-14-6-4-3-5-13(14)17(18,19)20/h3-10H,2H2,1H3,(H,21,23). The molecule has 4 nitrogen and oxygen atoms in total. The summed E-state index contributed by atoms with van der Waals surface area (Å²) in [6.45, 7) is 1.64. The third kappa shape index (κ3) is 4.34. The van der Waals surface area contributed by atoms with E-state index in [0.717, 1.165) is 6.07 Å². The number of rotatable bonds is 4. The number of esters is 1. The molecular formula is C17H14F3NO3. The molecule has 126 valence electrons. The third-order valence-corrected chi connectivity index (χ3v) is 3.12. The Hall–Kier alpha value is -2.83. The average Bonchev–Trinajstić information content (AvgIpc) is 2.55. The molecule has 24 heavy (non-hydrogen) atoms. The van der Waals surface area contributed by atoms with Gasteiger partial charge in [0.2, 0.25) is 0 Å². The molecule has 0 aliphatic heterocycles. The highest BCUT2D eigenvalue weighted by Crippen LogP contribution is 2.34. The first-order chi connectivity index (χ1) is 11.3. The second-order valence-corrected chi connectivity index (χ2v) is 4.85. The molecule has 0 aliphatic rings. The van der Waals surface area contributed by atoms with Crippen molar-refractivity contribution in [3.8, 4) is 5.75 Å². The van der Waals surface area contributed by atoms with Crippen LogP contribution in [0.1, 0.15) is 29.3 Å². The Kier molecular flexibility index (Phi) is 5.23. The Morgan fingerprint density at radius 3 is 2.25 bits per heavy atom. The van der Waals surface area contributed by atoms with Gasteiger partial charge in [-0.3, -0.25) is 9.59 Å². The summed E-state index contributed by atoms with van der Waals surface area (Å²) in [5.41, 5.74) is -1.10. The number of amides is 1. The second kappa shape index (κ2) is 7.16. The molecule has 0 bridgehead atoms.